The molecule has 1 aromatic heterocycles. The molecule has 1 nitrogen and oxygen atoms in total. The van der Waals surface area contributed by atoms with E-state index in [4.69, 9.17) is 0 Å². The molecular formula is C16H20OS. The average molecular weight is 260 g/mol. The van der Waals surface area contributed by atoms with E-state index in [0.717, 1.165) is 17.4 Å². The molecule has 0 aliphatic rings. The van der Waals surface area contributed by atoms with Gasteiger partial charge in [-0.05, 0) is 12.5 Å². The minimum absolute atomic E-state index is 0.309. The van der Waals surface area contributed by atoms with Crippen LogP contribution in [-0.2, 0) is 0 Å². The Bertz CT molecular complexity index is 513. The number of rotatable bonds is 7. The summed E-state index contributed by atoms with van der Waals surface area (Å²) in [5, 5.41) is 3.14. The van der Waals surface area contributed by atoms with Crippen LogP contribution in [0.4, 0.5) is 0 Å². The van der Waals surface area contributed by atoms with Crippen molar-refractivity contribution in [2.24, 2.45) is 0 Å². The average Bonchev–Trinajstić information content (AvgIpc) is 2.82. The molecule has 0 unspecified atom stereocenters. The number of hydrogen-bond donors (Lipinski definition) is 0. The zero-order chi connectivity index (χ0) is 12.8. The number of thiophene rings is 1. The van der Waals surface area contributed by atoms with E-state index >= 15 is 0 Å². The van der Waals surface area contributed by atoms with Crippen LogP contribution < -0.4 is 0 Å². The molecule has 0 amide bonds. The number of Topliss-reactive ketones (excluding diaryl/α,β-unsaturated/α-hetero) is 1. The molecule has 18 heavy (non-hydrogen) atoms. The Morgan fingerprint density at radius 1 is 1.11 bits per heavy atom. The monoisotopic (exact) mass is 260 g/mol. The summed E-state index contributed by atoms with van der Waals surface area (Å²) in [4.78, 5) is 12.2. The molecule has 0 atom stereocenters. The van der Waals surface area contributed by atoms with Gasteiger partial charge in [-0.1, -0.05) is 50.8 Å². The highest BCUT2D eigenvalue weighted by atomic mass is 32.1. The highest BCUT2D eigenvalue weighted by molar-refractivity contribution is 7.17. The van der Waals surface area contributed by atoms with E-state index in [1.165, 1.54) is 30.4 Å². The molecule has 1 aromatic carbocycles. The van der Waals surface area contributed by atoms with Gasteiger partial charge in [0.15, 0.2) is 5.78 Å². The van der Waals surface area contributed by atoms with Crippen molar-refractivity contribution in [2.75, 3.05) is 0 Å². The third kappa shape index (κ3) is 3.20. The Labute approximate surface area is 113 Å². The van der Waals surface area contributed by atoms with Crippen molar-refractivity contribution in [2.45, 2.75) is 45.4 Å². The largest absolute Gasteiger partial charge is 0.294 e. The highest BCUT2D eigenvalue weighted by Gasteiger charge is 2.11. The molecule has 0 aliphatic carbocycles. The van der Waals surface area contributed by atoms with Crippen LogP contribution in [0.25, 0.3) is 10.1 Å². The van der Waals surface area contributed by atoms with E-state index in [2.05, 4.69) is 19.1 Å². The van der Waals surface area contributed by atoms with E-state index in [-0.39, 0.29) is 0 Å². The normalized spacial score (nSPS) is 10.9. The van der Waals surface area contributed by atoms with Gasteiger partial charge in [-0.2, -0.15) is 0 Å². The van der Waals surface area contributed by atoms with E-state index < -0.39 is 0 Å². The second-order valence-electron chi connectivity index (χ2n) is 4.73. The van der Waals surface area contributed by atoms with Crippen LogP contribution in [0.3, 0.4) is 0 Å². The van der Waals surface area contributed by atoms with Crippen LogP contribution in [0.2, 0.25) is 0 Å². The molecule has 1 heterocycles. The van der Waals surface area contributed by atoms with Crippen LogP contribution >= 0.6 is 11.3 Å². The Balaban J connectivity index is 1.93. The fraction of sp³-hybridized carbons (Fsp3) is 0.438. The molecule has 2 rings (SSSR count). The van der Waals surface area contributed by atoms with Gasteiger partial charge in [-0.25, -0.2) is 0 Å². The van der Waals surface area contributed by atoms with Gasteiger partial charge in [0.2, 0.25) is 0 Å². The zero-order valence-corrected chi connectivity index (χ0v) is 11.8. The van der Waals surface area contributed by atoms with Crippen molar-refractivity contribution in [3.8, 4) is 0 Å². The Morgan fingerprint density at radius 2 is 1.89 bits per heavy atom. The second-order valence-corrected chi connectivity index (χ2v) is 5.64. The number of hydrogen-bond acceptors (Lipinski definition) is 2. The van der Waals surface area contributed by atoms with E-state index in [0.29, 0.717) is 12.2 Å². The van der Waals surface area contributed by atoms with Gasteiger partial charge in [-0.3, -0.25) is 4.79 Å². The number of carbonyl (C=O) groups is 1. The first-order chi connectivity index (χ1) is 8.83. The molecule has 0 fully saturated rings. The van der Waals surface area contributed by atoms with Crippen LogP contribution in [0.15, 0.2) is 29.6 Å². The minimum Gasteiger partial charge on any atom is -0.294 e. The maximum atomic E-state index is 12.2. The lowest BCUT2D eigenvalue weighted by atomic mass is 10.0. The molecule has 0 bridgehead atoms. The van der Waals surface area contributed by atoms with Crippen LogP contribution in [0, 0.1) is 0 Å². The number of carbonyl (C=O) groups excluding carboxylic acids is 1. The van der Waals surface area contributed by atoms with Gasteiger partial charge in [-0.15, -0.1) is 11.3 Å². The number of ketones is 1. The van der Waals surface area contributed by atoms with Gasteiger partial charge >= 0.3 is 0 Å². The van der Waals surface area contributed by atoms with Crippen molar-refractivity contribution in [1.82, 2.24) is 0 Å². The quantitative estimate of drug-likeness (QED) is 0.478. The summed E-state index contributed by atoms with van der Waals surface area (Å²) in [6.45, 7) is 2.21. The molecule has 0 radical (unpaired) electrons. The smallest absolute Gasteiger partial charge is 0.164 e. The van der Waals surface area contributed by atoms with E-state index in [1.54, 1.807) is 11.3 Å². The lowest BCUT2D eigenvalue weighted by molar-refractivity contribution is 0.0981. The first kappa shape index (κ1) is 13.3. The SMILES string of the molecule is CCCCCCCC(=O)c1csc2ccccc12. The van der Waals surface area contributed by atoms with Crippen molar-refractivity contribution in [3.63, 3.8) is 0 Å². The molecule has 0 N–H and O–H groups in total. The molecule has 96 valence electrons. The summed E-state index contributed by atoms with van der Waals surface area (Å²) in [7, 11) is 0. The Morgan fingerprint density at radius 3 is 2.72 bits per heavy atom. The molecule has 0 aliphatic heterocycles. The third-order valence-corrected chi connectivity index (χ3v) is 4.25. The van der Waals surface area contributed by atoms with Crippen molar-refractivity contribution < 1.29 is 4.79 Å². The zero-order valence-electron chi connectivity index (χ0n) is 10.9. The lowest BCUT2D eigenvalue weighted by Crippen LogP contribution is -1.97. The van der Waals surface area contributed by atoms with E-state index in [1.807, 2.05) is 17.5 Å². The Hall–Kier alpha value is -1.15. The van der Waals surface area contributed by atoms with Gasteiger partial charge in [0.25, 0.3) is 0 Å². The summed E-state index contributed by atoms with van der Waals surface area (Å²) in [5.74, 6) is 0.309. The second kappa shape index (κ2) is 6.69. The summed E-state index contributed by atoms with van der Waals surface area (Å²) in [6.07, 6.45) is 6.71. The van der Waals surface area contributed by atoms with Gasteiger partial charge in [0.05, 0.1) is 0 Å². The van der Waals surface area contributed by atoms with Crippen LogP contribution in [-0.4, -0.2) is 5.78 Å². The summed E-state index contributed by atoms with van der Waals surface area (Å²) in [6, 6.07) is 8.17. The topological polar surface area (TPSA) is 17.1 Å². The van der Waals surface area contributed by atoms with Crippen LogP contribution in [0.5, 0.6) is 0 Å². The lowest BCUT2D eigenvalue weighted by Gasteiger charge is -2.00. The van der Waals surface area contributed by atoms with Crippen molar-refractivity contribution >= 4 is 27.2 Å². The van der Waals surface area contributed by atoms with E-state index in [9.17, 15) is 4.79 Å². The number of unbranched alkanes of at least 4 members (excludes halogenated alkanes) is 4. The number of benzene rings is 1. The summed E-state index contributed by atoms with van der Waals surface area (Å²) >= 11 is 1.67. The predicted molar refractivity (Wildman–Crippen MR) is 79.5 cm³/mol. The van der Waals surface area contributed by atoms with Gasteiger partial charge in [0, 0.05) is 27.5 Å². The molecule has 2 aromatic rings. The molecule has 0 saturated carbocycles. The van der Waals surface area contributed by atoms with Crippen molar-refractivity contribution in [3.05, 3.63) is 35.2 Å². The molecule has 0 spiro atoms. The molecular weight excluding hydrogens is 240 g/mol. The summed E-state index contributed by atoms with van der Waals surface area (Å²) in [5.41, 5.74) is 0.922. The van der Waals surface area contributed by atoms with Crippen molar-refractivity contribution in [1.29, 1.82) is 0 Å². The number of fused-ring (bicyclic) bond motifs is 1. The van der Waals surface area contributed by atoms with Gasteiger partial charge < -0.3 is 0 Å². The fourth-order valence-electron chi connectivity index (χ4n) is 2.22. The van der Waals surface area contributed by atoms with Crippen LogP contribution in [0.1, 0.15) is 55.8 Å². The Kier molecular flexibility index (Phi) is 4.94. The first-order valence-electron chi connectivity index (χ1n) is 6.82. The standard InChI is InChI=1S/C16H20OS/c1-2-3-4-5-6-10-15(17)14-12-18-16-11-8-7-9-13(14)16/h7-9,11-12H,2-6,10H2,1H3. The fourth-order valence-corrected chi connectivity index (χ4v) is 3.18. The van der Waals surface area contributed by atoms with Gasteiger partial charge in [0.1, 0.15) is 0 Å². The molecule has 2 heteroatoms. The predicted octanol–water partition coefficient (Wildman–Crippen LogP) is 5.44. The summed E-state index contributed by atoms with van der Waals surface area (Å²) < 4.78 is 1.21. The molecule has 0 saturated heterocycles. The first-order valence-corrected chi connectivity index (χ1v) is 7.70. The minimum atomic E-state index is 0.309. The third-order valence-electron chi connectivity index (χ3n) is 3.29. The maximum absolute atomic E-state index is 12.2. The highest BCUT2D eigenvalue weighted by Crippen LogP contribution is 2.27. The maximum Gasteiger partial charge on any atom is 0.164 e.